The summed E-state index contributed by atoms with van der Waals surface area (Å²) >= 11 is 5.54. The zero-order valence-electron chi connectivity index (χ0n) is 19.7. The Morgan fingerprint density at radius 3 is 2.61 bits per heavy atom. The number of ether oxygens (including phenoxy) is 3. The molecule has 0 aromatic carbocycles. The van der Waals surface area contributed by atoms with Crippen molar-refractivity contribution in [2.45, 2.75) is 63.4 Å². The number of esters is 1. The van der Waals surface area contributed by atoms with Crippen LogP contribution in [0.3, 0.4) is 0 Å². The minimum atomic E-state index is -3.35. The van der Waals surface area contributed by atoms with Crippen LogP contribution in [-0.4, -0.2) is 76.3 Å². The number of carbonyl (C=O) groups excluding carboxylic acids is 2. The molecule has 2 saturated heterocycles. The van der Waals surface area contributed by atoms with Gasteiger partial charge < -0.3 is 37.9 Å². The van der Waals surface area contributed by atoms with Crippen LogP contribution in [0.15, 0.2) is 0 Å². The average molecular weight is 483 g/mol. The largest absolute Gasteiger partial charge is 0.459 e. The summed E-state index contributed by atoms with van der Waals surface area (Å²) in [6.45, 7) is 3.80. The van der Waals surface area contributed by atoms with Crippen molar-refractivity contribution in [3.8, 4) is 0 Å². The molecule has 2 rings (SSSR count). The van der Waals surface area contributed by atoms with Gasteiger partial charge in [0.25, 0.3) is 0 Å². The first-order valence-electron chi connectivity index (χ1n) is 11.3. The molecule has 31 heavy (non-hydrogen) atoms. The number of hydrogen-bond donors (Lipinski definition) is 1. The van der Waals surface area contributed by atoms with Crippen molar-refractivity contribution >= 4 is 30.4 Å². The van der Waals surface area contributed by atoms with Crippen molar-refractivity contribution in [3.05, 3.63) is 11.4 Å². The van der Waals surface area contributed by atoms with Gasteiger partial charge in [0.1, 0.15) is 18.8 Å². The number of carbonyl (C=O) groups is 2. The molecule has 1 N–H and O–H groups in total. The summed E-state index contributed by atoms with van der Waals surface area (Å²) in [6, 6.07) is 0. The predicted octanol–water partition coefficient (Wildman–Crippen LogP) is 1.97. The van der Waals surface area contributed by atoms with Crippen molar-refractivity contribution in [3.63, 3.8) is 0 Å². The van der Waals surface area contributed by atoms with E-state index in [2.05, 4.69) is 10.2 Å². The molecule has 10 nitrogen and oxygen atoms in total. The molecule has 2 heterocycles. The van der Waals surface area contributed by atoms with Gasteiger partial charge in [-0.15, -0.1) is 0 Å². The zero-order valence-corrected chi connectivity index (χ0v) is 19.4. The number of nitrogens with one attached hydrogen (secondary N) is 1. The van der Waals surface area contributed by atoms with Gasteiger partial charge in [0.2, 0.25) is 12.5 Å². The molecule has 0 aliphatic carbocycles. The third-order valence-corrected chi connectivity index (χ3v) is 7.05. The third-order valence-electron chi connectivity index (χ3n) is 4.66. The maximum absolute atomic E-state index is 12.1. The normalized spacial score (nSPS) is 33.1. The Hall–Kier alpha value is -1.12. The van der Waals surface area contributed by atoms with Crippen molar-refractivity contribution in [1.29, 1.82) is 0 Å². The number of nitrogens with zero attached hydrogens (tertiary/aromatic N) is 1. The molecule has 12 heteroatoms. The summed E-state index contributed by atoms with van der Waals surface area (Å²) in [7, 11) is 1.48. The molecular formula is C19H31N2O8PS. The second-order valence-electron chi connectivity index (χ2n) is 6.87. The van der Waals surface area contributed by atoms with Gasteiger partial charge in [-0.2, -0.15) is 0 Å². The fourth-order valence-electron chi connectivity index (χ4n) is 2.96. The minimum Gasteiger partial charge on any atom is -0.459 e. The Morgan fingerprint density at radius 1 is 1.23 bits per heavy atom. The summed E-state index contributed by atoms with van der Waals surface area (Å²) < 4.78 is 49.6. The fraction of sp³-hybridized carbons (Fsp3) is 0.842. The second kappa shape index (κ2) is 13.4. The Bertz CT molecular complexity index is 758. The molecule has 2 fully saturated rings. The monoisotopic (exact) mass is 482 g/mol. The molecule has 0 aromatic heterocycles. The van der Waals surface area contributed by atoms with Gasteiger partial charge in [0, 0.05) is 32.9 Å². The van der Waals surface area contributed by atoms with E-state index in [1.54, 1.807) is 0 Å². The van der Waals surface area contributed by atoms with Crippen molar-refractivity contribution in [1.82, 2.24) is 5.32 Å². The van der Waals surface area contributed by atoms with E-state index < -0.39 is 44.2 Å². The Balaban J connectivity index is 1.98. The Labute approximate surface area is 191 Å². The predicted molar refractivity (Wildman–Crippen MR) is 115 cm³/mol. The molecule has 1 unspecified atom stereocenters. The van der Waals surface area contributed by atoms with Gasteiger partial charge in [-0.3, -0.25) is 9.59 Å². The number of hydrogen-bond acceptors (Lipinski definition) is 9. The van der Waals surface area contributed by atoms with Crippen LogP contribution < -0.4 is 5.32 Å². The molecule has 0 aromatic rings. The van der Waals surface area contributed by atoms with Gasteiger partial charge >= 0.3 is 12.7 Å². The van der Waals surface area contributed by atoms with Crippen LogP contribution in [0.1, 0.15) is 41.8 Å². The maximum atomic E-state index is 12.1. The molecule has 0 bridgehead atoms. The zero-order chi connectivity index (χ0) is 24.4. The van der Waals surface area contributed by atoms with Gasteiger partial charge in [0.05, 0.1) is 34.6 Å². The lowest BCUT2D eigenvalue weighted by Gasteiger charge is -2.28. The van der Waals surface area contributed by atoms with Crippen LogP contribution in [0.25, 0.3) is 4.85 Å². The fourth-order valence-corrected chi connectivity index (χ4v) is 5.09. The maximum Gasteiger partial charge on any atom is 0.327 e. The van der Waals surface area contributed by atoms with Crippen LogP contribution in [0.4, 0.5) is 0 Å². The first kappa shape index (κ1) is 23.1. The molecule has 0 spiro atoms. The van der Waals surface area contributed by atoms with Crippen molar-refractivity contribution in [2.24, 2.45) is 0 Å². The van der Waals surface area contributed by atoms with Gasteiger partial charge in [-0.05, 0) is 18.2 Å². The molecule has 176 valence electrons. The number of amides is 1. The minimum absolute atomic E-state index is 0.00301. The van der Waals surface area contributed by atoms with E-state index in [1.807, 2.05) is 6.92 Å². The third kappa shape index (κ3) is 8.73. The lowest BCUT2D eigenvalue weighted by Crippen LogP contribution is -2.32. The lowest BCUT2D eigenvalue weighted by atomic mass is 10.1. The summed E-state index contributed by atoms with van der Waals surface area (Å²) in [5.74, 6) is -0.857. The van der Waals surface area contributed by atoms with Crippen molar-refractivity contribution in [2.75, 3.05) is 40.0 Å². The smallest absolute Gasteiger partial charge is 0.327 e. The van der Waals surface area contributed by atoms with Crippen LogP contribution in [0.2, 0.25) is 0 Å². The molecule has 7 atom stereocenters. The van der Waals surface area contributed by atoms with Gasteiger partial charge in [-0.1, -0.05) is 6.92 Å². The Morgan fingerprint density at radius 2 is 1.94 bits per heavy atom. The highest BCUT2D eigenvalue weighted by Gasteiger charge is 2.38. The first-order chi connectivity index (χ1) is 15.7. The average Bonchev–Trinajstić information content (AvgIpc) is 3.31. The van der Waals surface area contributed by atoms with E-state index in [-0.39, 0.29) is 51.0 Å². The van der Waals surface area contributed by atoms with Gasteiger partial charge in [0.15, 0.2) is 0 Å². The molecular weight excluding hydrogens is 447 g/mol. The first-order valence-corrected chi connectivity index (χ1v) is 12.7. The van der Waals surface area contributed by atoms with Crippen LogP contribution >= 0.6 is 6.72 Å². The van der Waals surface area contributed by atoms with E-state index in [0.29, 0.717) is 12.8 Å². The quantitative estimate of drug-likeness (QED) is 0.183. The Kier molecular flexibility index (Phi) is 9.99. The highest BCUT2D eigenvalue weighted by atomic mass is 32.5. The lowest BCUT2D eigenvalue weighted by molar-refractivity contribution is -0.153. The van der Waals surface area contributed by atoms with E-state index in [1.165, 1.54) is 7.05 Å². The molecule has 1 amide bonds. The van der Waals surface area contributed by atoms with E-state index in [0.717, 1.165) is 0 Å². The van der Waals surface area contributed by atoms with Crippen LogP contribution in [-0.2, 0) is 49.2 Å². The van der Waals surface area contributed by atoms with E-state index in [9.17, 15) is 9.59 Å². The van der Waals surface area contributed by atoms with Crippen LogP contribution in [0.5, 0.6) is 0 Å². The van der Waals surface area contributed by atoms with Gasteiger partial charge in [-0.25, -0.2) is 6.57 Å². The van der Waals surface area contributed by atoms with Crippen molar-refractivity contribution < 1.29 is 40.1 Å². The summed E-state index contributed by atoms with van der Waals surface area (Å²) in [4.78, 5) is 26.7. The molecule has 2 aliphatic heterocycles. The number of rotatable bonds is 13. The molecule has 2 aliphatic rings. The highest BCUT2D eigenvalue weighted by molar-refractivity contribution is 8.07. The van der Waals surface area contributed by atoms with E-state index >= 15 is 0 Å². The highest BCUT2D eigenvalue weighted by Crippen LogP contribution is 2.53. The van der Waals surface area contributed by atoms with Crippen LogP contribution in [0, 0.1) is 6.57 Å². The molecule has 0 saturated carbocycles. The SMILES string of the molecule is [3H][C@@H]1C[C@H](OP(=S)(OCC[N+]#[C-])OC[C@H]2O[C@@H]([3H])C[C@@H]2OC(=O)CCC(=O)NC)[C@@H](CC)O1. The summed E-state index contributed by atoms with van der Waals surface area (Å²) in [6.07, 6.45) is -1.33. The molecule has 0 radical (unpaired) electrons. The summed E-state index contributed by atoms with van der Waals surface area (Å²) in [5, 5.41) is 2.43. The van der Waals surface area contributed by atoms with E-state index in [4.69, 9.17) is 48.9 Å². The second-order valence-corrected chi connectivity index (χ2v) is 9.83. The standard InChI is InChI=1S/C19H31N2O8PS/c1-4-14-16(8-11-24-14)29-30(31,26-12-9-20-2)27-13-17-15(7-10-25-17)28-19(23)6-5-18(22)21-3/h14-17H,4-13H2,1,3H3,(H,21,22)/t14-,15+,16+,17-,30?/m1/s1/i10T,11T/t10-,11+,14+,15-,16-,17+,30?/m0. The topological polar surface area (TPSA) is 106 Å². The summed E-state index contributed by atoms with van der Waals surface area (Å²) in [5.41, 5.74) is 0.